The number of alkyl carbamates (subject to hydrolysis) is 1. The van der Waals surface area contributed by atoms with Gasteiger partial charge in [-0.05, 0) is 27.8 Å². The second-order valence-electron chi connectivity index (χ2n) is 9.69. The Morgan fingerprint density at radius 1 is 0.895 bits per heavy atom. The minimum Gasteiger partial charge on any atom is -0.480 e. The highest BCUT2D eigenvalue weighted by Gasteiger charge is 2.45. The molecule has 0 aromatic heterocycles. The number of fused-ring (bicyclic) bond motifs is 3. The Kier molecular flexibility index (Phi) is 7.42. The zero-order chi connectivity index (χ0) is 26.5. The molecular weight excluding hydrogens is 484 g/mol. The molecule has 1 aliphatic heterocycles. The van der Waals surface area contributed by atoms with Gasteiger partial charge in [0, 0.05) is 38.5 Å². The molecule has 0 spiro atoms. The minimum atomic E-state index is -1.31. The van der Waals surface area contributed by atoms with Gasteiger partial charge in [0.15, 0.2) is 0 Å². The fourth-order valence-corrected chi connectivity index (χ4v) is 5.41. The monoisotopic (exact) mass is 514 g/mol. The van der Waals surface area contributed by atoms with Crippen molar-refractivity contribution < 1.29 is 29.0 Å². The number of carbonyl (C=O) groups excluding carboxylic acids is 2. The molecule has 0 unspecified atom stereocenters. The van der Waals surface area contributed by atoms with Crippen LogP contribution in [0.15, 0.2) is 78.9 Å². The summed E-state index contributed by atoms with van der Waals surface area (Å²) in [5.74, 6) is -1.70. The molecule has 8 nitrogen and oxygen atoms in total. The lowest BCUT2D eigenvalue weighted by atomic mass is 9.88. The van der Waals surface area contributed by atoms with Crippen LogP contribution in [0.25, 0.3) is 11.1 Å². The van der Waals surface area contributed by atoms with Gasteiger partial charge in [-0.1, -0.05) is 78.9 Å². The Morgan fingerprint density at radius 3 is 2.08 bits per heavy atom. The van der Waals surface area contributed by atoms with Crippen LogP contribution in [0.2, 0.25) is 0 Å². The van der Waals surface area contributed by atoms with E-state index in [0.717, 1.165) is 27.8 Å². The molecule has 1 fully saturated rings. The molecule has 2 aliphatic rings. The van der Waals surface area contributed by atoms with Crippen LogP contribution < -0.4 is 5.32 Å². The highest BCUT2D eigenvalue weighted by Crippen LogP contribution is 2.44. The molecule has 0 atom stereocenters. The summed E-state index contributed by atoms with van der Waals surface area (Å²) in [6, 6.07) is 25.3. The number of hydrogen-bond acceptors (Lipinski definition) is 5. The number of nitrogens with one attached hydrogen (secondary N) is 1. The van der Waals surface area contributed by atoms with E-state index in [2.05, 4.69) is 17.4 Å². The second kappa shape index (κ2) is 11.1. The van der Waals surface area contributed by atoms with Crippen LogP contribution in [0.1, 0.15) is 35.4 Å². The van der Waals surface area contributed by atoms with Gasteiger partial charge in [-0.2, -0.15) is 0 Å². The SMILES string of the molecule is O=C(O)CN(Cc1ccccc1)C(=O)C1(NC(=O)OCC2c3ccccc3-c3ccccc32)CCOCC1. The predicted octanol–water partition coefficient (Wildman–Crippen LogP) is 4.19. The van der Waals surface area contributed by atoms with Gasteiger partial charge in [0.2, 0.25) is 5.91 Å². The summed E-state index contributed by atoms with van der Waals surface area (Å²) in [5.41, 5.74) is 3.91. The average Bonchev–Trinajstić information content (AvgIpc) is 3.25. The van der Waals surface area contributed by atoms with Crippen LogP contribution in [0.4, 0.5) is 4.79 Å². The van der Waals surface area contributed by atoms with Crippen molar-refractivity contribution in [1.29, 1.82) is 0 Å². The summed E-state index contributed by atoms with van der Waals surface area (Å²) in [6.07, 6.45) is -0.265. The van der Waals surface area contributed by atoms with Crippen molar-refractivity contribution in [3.05, 3.63) is 95.6 Å². The van der Waals surface area contributed by atoms with Gasteiger partial charge in [0.1, 0.15) is 18.7 Å². The first-order valence-electron chi connectivity index (χ1n) is 12.7. The molecule has 0 bridgehead atoms. The van der Waals surface area contributed by atoms with Crippen molar-refractivity contribution in [1.82, 2.24) is 10.2 Å². The van der Waals surface area contributed by atoms with Crippen LogP contribution in [-0.4, -0.2) is 59.9 Å². The molecule has 2 N–H and O–H groups in total. The van der Waals surface area contributed by atoms with Gasteiger partial charge in [-0.3, -0.25) is 9.59 Å². The summed E-state index contributed by atoms with van der Waals surface area (Å²) >= 11 is 0. The van der Waals surface area contributed by atoms with E-state index in [9.17, 15) is 19.5 Å². The van der Waals surface area contributed by atoms with E-state index in [1.165, 1.54) is 4.90 Å². The molecule has 5 rings (SSSR count). The van der Waals surface area contributed by atoms with E-state index in [1.807, 2.05) is 66.7 Å². The lowest BCUT2D eigenvalue weighted by molar-refractivity contribution is -0.150. The molecule has 1 heterocycles. The topological polar surface area (TPSA) is 105 Å². The normalized spacial score (nSPS) is 15.7. The Balaban J connectivity index is 1.33. The van der Waals surface area contributed by atoms with Gasteiger partial charge in [0.05, 0.1) is 0 Å². The lowest BCUT2D eigenvalue weighted by Crippen LogP contribution is -2.62. The second-order valence-corrected chi connectivity index (χ2v) is 9.69. The van der Waals surface area contributed by atoms with Gasteiger partial charge >= 0.3 is 12.1 Å². The number of amides is 2. The van der Waals surface area contributed by atoms with Crippen molar-refractivity contribution in [2.45, 2.75) is 30.8 Å². The third-order valence-corrected chi connectivity index (χ3v) is 7.27. The first kappa shape index (κ1) is 25.5. The fraction of sp³-hybridized carbons (Fsp3) is 0.300. The molecule has 1 saturated heterocycles. The van der Waals surface area contributed by atoms with Crippen molar-refractivity contribution in [3.8, 4) is 11.1 Å². The number of ether oxygens (including phenoxy) is 2. The minimum absolute atomic E-state index is 0.112. The Morgan fingerprint density at radius 2 is 1.47 bits per heavy atom. The Hall–Kier alpha value is -4.17. The van der Waals surface area contributed by atoms with E-state index in [-0.39, 0.29) is 45.1 Å². The predicted molar refractivity (Wildman–Crippen MR) is 140 cm³/mol. The molecule has 8 heteroatoms. The van der Waals surface area contributed by atoms with E-state index in [4.69, 9.17) is 9.47 Å². The summed E-state index contributed by atoms with van der Waals surface area (Å²) in [7, 11) is 0. The highest BCUT2D eigenvalue weighted by molar-refractivity contribution is 5.92. The summed E-state index contributed by atoms with van der Waals surface area (Å²) in [6.45, 7) is 0.274. The lowest BCUT2D eigenvalue weighted by Gasteiger charge is -2.39. The number of carbonyl (C=O) groups is 3. The smallest absolute Gasteiger partial charge is 0.408 e. The van der Waals surface area contributed by atoms with E-state index < -0.39 is 30.1 Å². The zero-order valence-electron chi connectivity index (χ0n) is 21.0. The quantitative estimate of drug-likeness (QED) is 0.467. The number of aliphatic carboxylic acids is 1. The maximum atomic E-state index is 13.8. The number of carboxylic acids is 1. The zero-order valence-corrected chi connectivity index (χ0v) is 21.0. The van der Waals surface area contributed by atoms with Gasteiger partial charge in [-0.25, -0.2) is 4.79 Å². The molecule has 38 heavy (non-hydrogen) atoms. The van der Waals surface area contributed by atoms with E-state index in [0.29, 0.717) is 0 Å². The van der Waals surface area contributed by atoms with Crippen LogP contribution in [-0.2, 0) is 25.6 Å². The van der Waals surface area contributed by atoms with Gasteiger partial charge < -0.3 is 24.8 Å². The highest BCUT2D eigenvalue weighted by atomic mass is 16.5. The third-order valence-electron chi connectivity index (χ3n) is 7.27. The maximum Gasteiger partial charge on any atom is 0.408 e. The van der Waals surface area contributed by atoms with E-state index in [1.54, 1.807) is 0 Å². The number of nitrogens with zero attached hydrogens (tertiary/aromatic N) is 1. The maximum absolute atomic E-state index is 13.8. The van der Waals surface area contributed by atoms with Crippen LogP contribution in [0.3, 0.4) is 0 Å². The largest absolute Gasteiger partial charge is 0.480 e. The van der Waals surface area contributed by atoms with Crippen molar-refractivity contribution in [2.75, 3.05) is 26.4 Å². The molecule has 0 radical (unpaired) electrons. The average molecular weight is 515 g/mol. The molecular formula is C30H30N2O6. The summed E-state index contributed by atoms with van der Waals surface area (Å²) < 4.78 is 11.2. The number of benzene rings is 3. The van der Waals surface area contributed by atoms with Crippen LogP contribution in [0.5, 0.6) is 0 Å². The van der Waals surface area contributed by atoms with Crippen molar-refractivity contribution in [2.24, 2.45) is 0 Å². The standard InChI is InChI=1S/C30H30N2O6/c33-27(34)19-32(18-21-8-2-1-3-9-21)28(35)30(14-16-37-17-15-30)31-29(36)38-20-26-24-12-6-4-10-22(24)23-11-5-7-13-25(23)26/h1-13,26H,14-20H2,(H,31,36)(H,33,34). The molecule has 1 aliphatic carbocycles. The first-order chi connectivity index (χ1) is 18.5. The van der Waals surface area contributed by atoms with E-state index >= 15 is 0 Å². The van der Waals surface area contributed by atoms with Crippen LogP contribution >= 0.6 is 0 Å². The number of rotatable bonds is 8. The third kappa shape index (κ3) is 5.26. The number of hydrogen-bond donors (Lipinski definition) is 2. The number of carboxylic acid groups (broad SMARTS) is 1. The fourth-order valence-electron chi connectivity index (χ4n) is 5.41. The van der Waals surface area contributed by atoms with Crippen molar-refractivity contribution in [3.63, 3.8) is 0 Å². The molecule has 196 valence electrons. The molecule has 2 amide bonds. The summed E-state index contributed by atoms with van der Waals surface area (Å²) in [5, 5.41) is 12.3. The van der Waals surface area contributed by atoms with Gasteiger partial charge in [-0.15, -0.1) is 0 Å². The van der Waals surface area contributed by atoms with Gasteiger partial charge in [0.25, 0.3) is 0 Å². The Bertz CT molecular complexity index is 1270. The first-order valence-corrected chi connectivity index (χ1v) is 12.7. The molecule has 3 aromatic rings. The van der Waals surface area contributed by atoms with Crippen LogP contribution in [0, 0.1) is 0 Å². The summed E-state index contributed by atoms with van der Waals surface area (Å²) in [4.78, 5) is 39.9. The van der Waals surface area contributed by atoms with Crippen molar-refractivity contribution >= 4 is 18.0 Å². The molecule has 3 aromatic carbocycles. The Labute approximate surface area is 221 Å². The molecule has 0 saturated carbocycles.